The first-order valence-corrected chi connectivity index (χ1v) is 13.0. The predicted molar refractivity (Wildman–Crippen MR) is 119 cm³/mol. The summed E-state index contributed by atoms with van der Waals surface area (Å²) in [7, 11) is 2.03. The molecule has 0 amide bonds. The van der Waals surface area contributed by atoms with E-state index in [0.717, 1.165) is 42.5 Å². The average Bonchev–Trinajstić information content (AvgIpc) is 3.16. The lowest BCUT2D eigenvalue weighted by Crippen LogP contribution is -2.54. The molecule has 1 N–H and O–H groups in total. The molecule has 32 heavy (non-hydrogen) atoms. The van der Waals surface area contributed by atoms with Gasteiger partial charge in [0.15, 0.2) is 5.82 Å². The molecule has 1 aromatic rings. The molecule has 2 saturated heterocycles. The van der Waals surface area contributed by atoms with Crippen LogP contribution in [0.4, 0.5) is 11.8 Å². The van der Waals surface area contributed by atoms with Crippen molar-refractivity contribution in [3.05, 3.63) is 5.69 Å². The normalized spacial score (nSPS) is 28.8. The third-order valence-corrected chi connectivity index (χ3v) is 8.62. The number of anilines is 2. The molecule has 1 aromatic heterocycles. The minimum Gasteiger partial charge on any atom is -0.611 e. The van der Waals surface area contributed by atoms with Crippen molar-refractivity contribution in [1.82, 2.24) is 9.97 Å². The maximum atomic E-state index is 12.7. The molecular formula is C22H32N4O5S. The highest BCUT2D eigenvalue weighted by atomic mass is 32.2. The van der Waals surface area contributed by atoms with E-state index in [-0.39, 0.29) is 24.1 Å². The molecule has 4 heterocycles. The van der Waals surface area contributed by atoms with Crippen LogP contribution in [0.15, 0.2) is 4.90 Å². The monoisotopic (exact) mass is 464 g/mol. The molecule has 3 fully saturated rings. The number of carbonyl (C=O) groups excluding carboxylic acids is 1. The smallest absolute Gasteiger partial charge is 0.309 e. The van der Waals surface area contributed by atoms with E-state index >= 15 is 0 Å². The zero-order valence-corrected chi connectivity index (χ0v) is 19.4. The Labute approximate surface area is 191 Å². The zero-order chi connectivity index (χ0) is 22.2. The third kappa shape index (κ3) is 4.42. The number of hydrogen-bond donors (Lipinski definition) is 1. The van der Waals surface area contributed by atoms with Crippen LogP contribution >= 0.6 is 0 Å². The van der Waals surface area contributed by atoms with Crippen molar-refractivity contribution >= 4 is 28.9 Å². The Hall–Kier alpha value is -1.62. The molecule has 9 nitrogen and oxygen atoms in total. The Bertz CT molecular complexity index is 838. The van der Waals surface area contributed by atoms with E-state index in [9.17, 15) is 14.5 Å². The molecule has 10 heteroatoms. The first-order valence-electron chi connectivity index (χ1n) is 11.7. The van der Waals surface area contributed by atoms with E-state index in [1.165, 1.54) is 0 Å². The first kappa shape index (κ1) is 22.2. The van der Waals surface area contributed by atoms with Crippen molar-refractivity contribution in [2.45, 2.75) is 68.1 Å². The van der Waals surface area contributed by atoms with Crippen molar-refractivity contribution in [2.75, 3.05) is 48.9 Å². The maximum absolute atomic E-state index is 12.7. The van der Waals surface area contributed by atoms with Gasteiger partial charge in [-0.15, -0.1) is 0 Å². The van der Waals surface area contributed by atoms with Gasteiger partial charge in [0.1, 0.15) is 17.6 Å². The van der Waals surface area contributed by atoms with Crippen LogP contribution in [0.5, 0.6) is 0 Å². The first-order chi connectivity index (χ1) is 15.5. The lowest BCUT2D eigenvalue weighted by Gasteiger charge is -2.40. The highest BCUT2D eigenvalue weighted by molar-refractivity contribution is 7.91. The second kappa shape index (κ2) is 9.32. The van der Waals surface area contributed by atoms with Crippen molar-refractivity contribution in [3.8, 4) is 0 Å². The van der Waals surface area contributed by atoms with E-state index < -0.39 is 11.2 Å². The second-order valence-corrected chi connectivity index (χ2v) is 10.9. The summed E-state index contributed by atoms with van der Waals surface area (Å²) in [5, 5.41) is 9.63. The molecule has 1 atom stereocenters. The van der Waals surface area contributed by atoms with E-state index in [1.807, 2.05) is 11.9 Å². The third-order valence-electron chi connectivity index (χ3n) is 7.17. The van der Waals surface area contributed by atoms with Crippen LogP contribution in [0, 0.1) is 5.92 Å². The number of rotatable bonds is 5. The van der Waals surface area contributed by atoms with Crippen molar-refractivity contribution < 1.29 is 23.9 Å². The number of aryl methyl sites for hydroxylation is 1. The molecule has 176 valence electrons. The van der Waals surface area contributed by atoms with E-state index in [4.69, 9.17) is 19.4 Å². The minimum atomic E-state index is -1.06. The highest BCUT2D eigenvalue weighted by Crippen LogP contribution is 2.36. The summed E-state index contributed by atoms with van der Waals surface area (Å²) in [6, 6.07) is 0.312. The van der Waals surface area contributed by atoms with Crippen LogP contribution in [0.2, 0.25) is 0 Å². The number of fused-ring (bicyclic) bond motifs is 1. The lowest BCUT2D eigenvalue weighted by molar-refractivity contribution is -0.157. The molecule has 4 aliphatic rings. The van der Waals surface area contributed by atoms with Gasteiger partial charge < -0.3 is 28.9 Å². The van der Waals surface area contributed by atoms with Crippen LogP contribution < -0.4 is 9.80 Å². The number of aliphatic hydroxyl groups excluding tert-OH is 1. The van der Waals surface area contributed by atoms with Gasteiger partial charge >= 0.3 is 5.97 Å². The summed E-state index contributed by atoms with van der Waals surface area (Å²) in [6.07, 6.45) is 4.86. The number of hydrogen-bond acceptors (Lipinski definition) is 9. The predicted octanol–water partition coefficient (Wildman–Crippen LogP) is 1.04. The van der Waals surface area contributed by atoms with Gasteiger partial charge in [-0.1, -0.05) is 0 Å². The van der Waals surface area contributed by atoms with Gasteiger partial charge in [-0.2, -0.15) is 4.98 Å². The number of carbonyl (C=O) groups is 1. The largest absolute Gasteiger partial charge is 0.611 e. The number of aliphatic hydroxyl groups is 1. The SMILES string of the molecule is CN(c1nc(N2CC(OC(=O)[C@H]3CC[C@@H](O)CC3)C2)nc2c1[S+]([O-])CC2)C1CCOCC1. The molecule has 1 unspecified atom stereocenters. The van der Waals surface area contributed by atoms with Crippen LogP contribution in [0.1, 0.15) is 44.2 Å². The van der Waals surface area contributed by atoms with Crippen LogP contribution in [0.3, 0.4) is 0 Å². The zero-order valence-electron chi connectivity index (χ0n) is 18.6. The van der Waals surface area contributed by atoms with E-state index in [0.29, 0.717) is 62.9 Å². The quantitative estimate of drug-likeness (QED) is 0.505. The molecule has 1 aliphatic carbocycles. The second-order valence-electron chi connectivity index (χ2n) is 9.35. The van der Waals surface area contributed by atoms with Gasteiger partial charge in [-0.05, 0) is 49.7 Å². The van der Waals surface area contributed by atoms with Gasteiger partial charge in [0.25, 0.3) is 0 Å². The van der Waals surface area contributed by atoms with Crippen LogP contribution in [-0.2, 0) is 31.9 Å². The van der Waals surface area contributed by atoms with Gasteiger partial charge in [-0.25, -0.2) is 4.98 Å². The minimum absolute atomic E-state index is 0.0987. The Balaban J connectivity index is 1.25. The number of aromatic nitrogens is 2. The summed E-state index contributed by atoms with van der Waals surface area (Å²) in [4.78, 5) is 27.0. The molecule has 0 spiro atoms. The standard InChI is InChI=1S/C22H32N4O5S/c1-25(15-6-9-30-10-7-15)20-19-18(8-11-32(19)29)23-22(24-20)26-12-17(13-26)31-21(28)14-2-4-16(27)5-3-14/h14-17,27H,2-13H2,1H3/t14-,16+,32?. The highest BCUT2D eigenvalue weighted by Gasteiger charge is 2.39. The maximum Gasteiger partial charge on any atom is 0.309 e. The molecule has 3 aliphatic heterocycles. The van der Waals surface area contributed by atoms with Crippen molar-refractivity contribution in [2.24, 2.45) is 5.92 Å². The molecule has 0 bridgehead atoms. The fraction of sp³-hybridized carbons (Fsp3) is 0.773. The molecular weight excluding hydrogens is 432 g/mol. The van der Waals surface area contributed by atoms with Gasteiger partial charge in [0, 0.05) is 32.7 Å². The fourth-order valence-electron chi connectivity index (χ4n) is 5.04. The Kier molecular flexibility index (Phi) is 6.46. The van der Waals surface area contributed by atoms with Gasteiger partial charge in [0.05, 0.1) is 25.1 Å². The summed E-state index contributed by atoms with van der Waals surface area (Å²) < 4.78 is 23.9. The Morgan fingerprint density at radius 1 is 1.19 bits per heavy atom. The summed E-state index contributed by atoms with van der Waals surface area (Å²) in [5.74, 6) is 1.75. The summed E-state index contributed by atoms with van der Waals surface area (Å²) >= 11 is -1.06. The summed E-state index contributed by atoms with van der Waals surface area (Å²) in [5.41, 5.74) is 0.878. The van der Waals surface area contributed by atoms with Gasteiger partial charge in [-0.3, -0.25) is 4.79 Å². The summed E-state index contributed by atoms with van der Waals surface area (Å²) in [6.45, 7) is 2.61. The fourth-order valence-corrected chi connectivity index (χ4v) is 6.43. The molecule has 0 radical (unpaired) electrons. The Morgan fingerprint density at radius 2 is 1.91 bits per heavy atom. The Morgan fingerprint density at radius 3 is 2.62 bits per heavy atom. The van der Waals surface area contributed by atoms with Crippen molar-refractivity contribution in [3.63, 3.8) is 0 Å². The molecule has 0 aromatic carbocycles. The van der Waals surface area contributed by atoms with Crippen LogP contribution in [0.25, 0.3) is 0 Å². The van der Waals surface area contributed by atoms with Crippen molar-refractivity contribution in [1.29, 1.82) is 0 Å². The number of esters is 1. The van der Waals surface area contributed by atoms with Crippen LogP contribution in [-0.4, -0.2) is 83.0 Å². The average molecular weight is 465 g/mol. The van der Waals surface area contributed by atoms with E-state index in [1.54, 1.807) is 0 Å². The number of ether oxygens (including phenoxy) is 2. The lowest BCUT2D eigenvalue weighted by atomic mass is 9.87. The topological polar surface area (TPSA) is 111 Å². The number of nitrogens with zero attached hydrogens (tertiary/aromatic N) is 4. The van der Waals surface area contributed by atoms with E-state index in [2.05, 4.69) is 4.90 Å². The van der Waals surface area contributed by atoms with Gasteiger partial charge in [0.2, 0.25) is 10.8 Å². The molecule has 5 rings (SSSR count). The molecule has 1 saturated carbocycles.